The molecule has 3 rings (SSSR count). The van der Waals surface area contributed by atoms with Crippen molar-refractivity contribution in [3.63, 3.8) is 0 Å². The summed E-state index contributed by atoms with van der Waals surface area (Å²) in [7, 11) is -3.51. The Bertz CT molecular complexity index is 792. The summed E-state index contributed by atoms with van der Waals surface area (Å²) in [6.45, 7) is 11.0. The molecule has 0 spiro atoms. The first-order valence-corrected chi connectivity index (χ1v) is 11.9. The number of rotatable bonds is 5. The molecule has 2 aliphatic heterocycles. The molecule has 29 heavy (non-hydrogen) atoms. The number of piperidine rings is 1. The molecular formula is C21H33N3O4S. The topological polar surface area (TPSA) is 79.0 Å². The summed E-state index contributed by atoms with van der Waals surface area (Å²) in [4.78, 5) is 14.7. The van der Waals surface area contributed by atoms with Crippen molar-refractivity contribution in [2.75, 3.05) is 38.0 Å². The number of anilines is 1. The molecule has 0 saturated carbocycles. The monoisotopic (exact) mass is 423 g/mol. The Labute approximate surface area is 174 Å². The lowest BCUT2D eigenvalue weighted by molar-refractivity contribution is -0.121. The van der Waals surface area contributed by atoms with E-state index in [0.717, 1.165) is 19.5 Å². The molecule has 162 valence electrons. The van der Waals surface area contributed by atoms with Gasteiger partial charge in [0, 0.05) is 31.9 Å². The molecular weight excluding hydrogens is 390 g/mol. The van der Waals surface area contributed by atoms with Gasteiger partial charge in [0.25, 0.3) is 0 Å². The van der Waals surface area contributed by atoms with E-state index in [0.29, 0.717) is 37.2 Å². The molecule has 1 N–H and O–H groups in total. The van der Waals surface area contributed by atoms with Gasteiger partial charge in [-0.05, 0) is 56.4 Å². The summed E-state index contributed by atoms with van der Waals surface area (Å²) in [6, 6.07) is 6.47. The Morgan fingerprint density at radius 1 is 1.00 bits per heavy atom. The second kappa shape index (κ2) is 9.12. The molecule has 4 atom stereocenters. The van der Waals surface area contributed by atoms with Crippen LogP contribution in [0.25, 0.3) is 0 Å². The third-order valence-corrected chi connectivity index (χ3v) is 7.32. The summed E-state index contributed by atoms with van der Waals surface area (Å²) >= 11 is 0. The molecule has 2 heterocycles. The first kappa shape index (κ1) is 22.2. The number of hydrogen-bond donors (Lipinski definition) is 1. The molecule has 1 amide bonds. The number of sulfonamides is 1. The Hall–Kier alpha value is -1.48. The van der Waals surface area contributed by atoms with Gasteiger partial charge in [-0.1, -0.05) is 13.8 Å². The zero-order valence-corrected chi connectivity index (χ0v) is 18.6. The van der Waals surface area contributed by atoms with Crippen molar-refractivity contribution < 1.29 is 17.9 Å². The van der Waals surface area contributed by atoms with E-state index in [2.05, 4.69) is 24.1 Å². The molecule has 0 unspecified atom stereocenters. The third kappa shape index (κ3) is 5.78. The van der Waals surface area contributed by atoms with Crippen molar-refractivity contribution in [1.29, 1.82) is 0 Å². The molecule has 1 aromatic rings. The number of morpholine rings is 1. The summed E-state index contributed by atoms with van der Waals surface area (Å²) in [6.07, 6.45) is 1.27. The number of benzene rings is 1. The van der Waals surface area contributed by atoms with Crippen molar-refractivity contribution in [2.45, 2.75) is 51.2 Å². The summed E-state index contributed by atoms with van der Waals surface area (Å²) < 4.78 is 33.2. The van der Waals surface area contributed by atoms with Gasteiger partial charge < -0.3 is 10.1 Å². The van der Waals surface area contributed by atoms with E-state index in [9.17, 15) is 13.2 Å². The van der Waals surface area contributed by atoms with Gasteiger partial charge >= 0.3 is 0 Å². The molecule has 2 fully saturated rings. The summed E-state index contributed by atoms with van der Waals surface area (Å²) in [5.74, 6) is 0.607. The fourth-order valence-electron chi connectivity index (χ4n) is 4.48. The van der Waals surface area contributed by atoms with Gasteiger partial charge in [-0.3, -0.25) is 9.69 Å². The predicted molar refractivity (Wildman–Crippen MR) is 113 cm³/mol. The fraction of sp³-hybridized carbons (Fsp3) is 0.667. The van der Waals surface area contributed by atoms with E-state index in [-0.39, 0.29) is 23.0 Å². The lowest BCUT2D eigenvalue weighted by Gasteiger charge is -2.34. The van der Waals surface area contributed by atoms with Crippen LogP contribution in [0, 0.1) is 11.8 Å². The van der Waals surface area contributed by atoms with Crippen LogP contribution in [0.3, 0.4) is 0 Å². The maximum absolute atomic E-state index is 13.0. The lowest BCUT2D eigenvalue weighted by atomic mass is 9.94. The highest BCUT2D eigenvalue weighted by Gasteiger charge is 2.31. The first-order chi connectivity index (χ1) is 13.6. The minimum atomic E-state index is -3.51. The number of carbonyl (C=O) groups excluding carboxylic acids is 1. The predicted octanol–water partition coefficient (Wildman–Crippen LogP) is 2.40. The van der Waals surface area contributed by atoms with E-state index in [1.54, 1.807) is 28.6 Å². The summed E-state index contributed by atoms with van der Waals surface area (Å²) in [5, 5.41) is 2.86. The van der Waals surface area contributed by atoms with Gasteiger partial charge in [-0.15, -0.1) is 0 Å². The number of amides is 1. The maximum Gasteiger partial charge on any atom is 0.243 e. The third-order valence-electron chi connectivity index (χ3n) is 5.47. The Balaban J connectivity index is 1.60. The van der Waals surface area contributed by atoms with Crippen molar-refractivity contribution in [2.24, 2.45) is 11.8 Å². The highest BCUT2D eigenvalue weighted by molar-refractivity contribution is 7.89. The number of ether oxygens (including phenoxy) is 1. The number of hydrogen-bond acceptors (Lipinski definition) is 5. The van der Waals surface area contributed by atoms with Crippen molar-refractivity contribution in [1.82, 2.24) is 9.21 Å². The van der Waals surface area contributed by atoms with Gasteiger partial charge in [-0.25, -0.2) is 8.42 Å². The Morgan fingerprint density at radius 2 is 1.55 bits per heavy atom. The van der Waals surface area contributed by atoms with E-state index >= 15 is 0 Å². The first-order valence-electron chi connectivity index (χ1n) is 10.4. The summed E-state index contributed by atoms with van der Waals surface area (Å²) in [5.41, 5.74) is 0.601. The van der Waals surface area contributed by atoms with E-state index < -0.39 is 10.0 Å². The SMILES string of the molecule is C[C@H]1C[C@H](C)CN(S(=O)(=O)c2ccc(NC(=O)CN3C[C@@H](C)O[C@@H](C)C3)cc2)C1. The number of nitrogens with one attached hydrogen (secondary N) is 1. The van der Waals surface area contributed by atoms with Crippen LogP contribution in [0.2, 0.25) is 0 Å². The van der Waals surface area contributed by atoms with Gasteiger partial charge in [-0.2, -0.15) is 4.31 Å². The van der Waals surface area contributed by atoms with Crippen LogP contribution in [-0.2, 0) is 19.6 Å². The maximum atomic E-state index is 13.0. The highest BCUT2D eigenvalue weighted by atomic mass is 32.2. The molecule has 7 nitrogen and oxygen atoms in total. The Morgan fingerprint density at radius 3 is 2.10 bits per heavy atom. The standard InChI is InChI=1S/C21H33N3O4S/c1-15-9-16(2)11-24(10-15)29(26,27)20-7-5-19(6-8-20)22-21(25)14-23-12-17(3)28-18(4)13-23/h5-8,15-18H,9-14H2,1-4H3,(H,22,25)/t15-,16-,17-,18+/m0/s1. The highest BCUT2D eigenvalue weighted by Crippen LogP contribution is 2.27. The van der Waals surface area contributed by atoms with Crippen LogP contribution >= 0.6 is 0 Å². The fourth-order valence-corrected chi connectivity index (χ4v) is 6.16. The molecule has 0 aliphatic carbocycles. The van der Waals surface area contributed by atoms with E-state index in [1.165, 1.54) is 0 Å². The van der Waals surface area contributed by atoms with Crippen LogP contribution in [0.1, 0.15) is 34.1 Å². The molecule has 0 bridgehead atoms. The molecule has 2 saturated heterocycles. The van der Waals surface area contributed by atoms with Gasteiger partial charge in [0.05, 0.1) is 23.6 Å². The van der Waals surface area contributed by atoms with Gasteiger partial charge in [0.15, 0.2) is 0 Å². The Kier molecular flexibility index (Phi) is 6.98. The van der Waals surface area contributed by atoms with Crippen LogP contribution in [0.5, 0.6) is 0 Å². The average molecular weight is 424 g/mol. The minimum absolute atomic E-state index is 0.108. The average Bonchev–Trinajstić information content (AvgIpc) is 2.60. The quantitative estimate of drug-likeness (QED) is 0.787. The van der Waals surface area contributed by atoms with Crippen molar-refractivity contribution in [3.05, 3.63) is 24.3 Å². The zero-order chi connectivity index (χ0) is 21.2. The normalized spacial score (nSPS) is 29.5. The van der Waals surface area contributed by atoms with E-state index in [4.69, 9.17) is 4.74 Å². The smallest absolute Gasteiger partial charge is 0.243 e. The zero-order valence-electron chi connectivity index (χ0n) is 17.8. The molecule has 1 aromatic carbocycles. The minimum Gasteiger partial charge on any atom is -0.373 e. The second-order valence-corrected chi connectivity index (χ2v) is 10.7. The van der Waals surface area contributed by atoms with E-state index in [1.807, 2.05) is 13.8 Å². The molecule has 0 aromatic heterocycles. The van der Waals surface area contributed by atoms with Gasteiger partial charge in [0.1, 0.15) is 0 Å². The lowest BCUT2D eigenvalue weighted by Crippen LogP contribution is -2.48. The van der Waals surface area contributed by atoms with Crippen molar-refractivity contribution >= 4 is 21.6 Å². The number of carbonyl (C=O) groups is 1. The van der Waals surface area contributed by atoms with Crippen LogP contribution in [0.15, 0.2) is 29.2 Å². The van der Waals surface area contributed by atoms with Crippen molar-refractivity contribution in [3.8, 4) is 0 Å². The largest absolute Gasteiger partial charge is 0.373 e. The second-order valence-electron chi connectivity index (χ2n) is 8.79. The van der Waals surface area contributed by atoms with Crippen LogP contribution < -0.4 is 5.32 Å². The molecule has 2 aliphatic rings. The number of nitrogens with zero attached hydrogens (tertiary/aromatic N) is 2. The van der Waals surface area contributed by atoms with Crippen LogP contribution in [0.4, 0.5) is 5.69 Å². The van der Waals surface area contributed by atoms with Gasteiger partial charge in [0.2, 0.25) is 15.9 Å². The van der Waals surface area contributed by atoms with Crippen LogP contribution in [-0.4, -0.2) is 68.5 Å². The molecule has 8 heteroatoms. The molecule has 0 radical (unpaired) electrons.